The molecule has 1 aromatic heterocycles. The highest BCUT2D eigenvalue weighted by Crippen LogP contribution is 2.27. The molecule has 88 valence electrons. The molecule has 17 heavy (non-hydrogen) atoms. The lowest BCUT2D eigenvalue weighted by Gasteiger charge is -2.10. The van der Waals surface area contributed by atoms with Crippen molar-refractivity contribution < 1.29 is 4.74 Å². The second-order valence-electron chi connectivity index (χ2n) is 4.02. The number of rotatable bonds is 2. The van der Waals surface area contributed by atoms with Crippen LogP contribution in [0.1, 0.15) is 17.0 Å². The summed E-state index contributed by atoms with van der Waals surface area (Å²) >= 11 is 0. The van der Waals surface area contributed by atoms with Gasteiger partial charge in [-0.2, -0.15) is 4.98 Å². The van der Waals surface area contributed by atoms with E-state index in [1.165, 1.54) is 0 Å². The fourth-order valence-corrected chi connectivity index (χ4v) is 1.56. The molecule has 0 bridgehead atoms. The molecule has 4 heteroatoms. The Kier molecular flexibility index (Phi) is 2.95. The van der Waals surface area contributed by atoms with Crippen molar-refractivity contribution in [2.75, 3.05) is 5.73 Å². The predicted molar refractivity (Wildman–Crippen MR) is 67.2 cm³/mol. The number of anilines is 1. The molecule has 4 nitrogen and oxygen atoms in total. The number of nitrogen functional groups attached to an aromatic ring is 1. The van der Waals surface area contributed by atoms with Crippen LogP contribution in [0.3, 0.4) is 0 Å². The molecule has 2 N–H and O–H groups in total. The van der Waals surface area contributed by atoms with Gasteiger partial charge in [0.05, 0.1) is 0 Å². The van der Waals surface area contributed by atoms with Crippen molar-refractivity contribution >= 4 is 5.69 Å². The van der Waals surface area contributed by atoms with E-state index in [0.29, 0.717) is 11.7 Å². The average molecular weight is 229 g/mol. The van der Waals surface area contributed by atoms with Crippen LogP contribution in [0, 0.1) is 20.8 Å². The van der Waals surface area contributed by atoms with E-state index in [2.05, 4.69) is 9.97 Å². The summed E-state index contributed by atoms with van der Waals surface area (Å²) in [5, 5.41) is 0. The third kappa shape index (κ3) is 2.53. The first-order valence-electron chi connectivity index (χ1n) is 5.40. The third-order valence-electron chi connectivity index (χ3n) is 2.53. The Hall–Kier alpha value is -2.10. The summed E-state index contributed by atoms with van der Waals surface area (Å²) in [6, 6.07) is 5.54. The van der Waals surface area contributed by atoms with E-state index in [9.17, 15) is 0 Å². The quantitative estimate of drug-likeness (QED) is 0.804. The molecule has 0 atom stereocenters. The molecule has 0 saturated heterocycles. The van der Waals surface area contributed by atoms with E-state index in [0.717, 1.165) is 22.6 Å². The van der Waals surface area contributed by atoms with Gasteiger partial charge in [0.15, 0.2) is 0 Å². The van der Waals surface area contributed by atoms with Crippen molar-refractivity contribution in [2.45, 2.75) is 20.8 Å². The Labute approximate surface area is 100 Å². The fourth-order valence-electron chi connectivity index (χ4n) is 1.56. The predicted octanol–water partition coefficient (Wildman–Crippen LogP) is 2.78. The van der Waals surface area contributed by atoms with Crippen LogP contribution in [-0.4, -0.2) is 9.97 Å². The summed E-state index contributed by atoms with van der Waals surface area (Å²) in [5.41, 5.74) is 8.66. The Balaban J connectivity index is 2.33. The van der Waals surface area contributed by atoms with Crippen molar-refractivity contribution in [3.63, 3.8) is 0 Å². The smallest absolute Gasteiger partial charge is 0.222 e. The second kappa shape index (κ2) is 4.41. The van der Waals surface area contributed by atoms with Gasteiger partial charge in [-0.3, -0.25) is 0 Å². The molecule has 0 amide bonds. The van der Waals surface area contributed by atoms with E-state index in [1.54, 1.807) is 12.3 Å². The number of ether oxygens (including phenoxy) is 1. The zero-order valence-corrected chi connectivity index (χ0v) is 10.2. The summed E-state index contributed by atoms with van der Waals surface area (Å²) in [4.78, 5) is 8.21. The molecule has 2 rings (SSSR count). The number of hydrogen-bond acceptors (Lipinski definition) is 4. The van der Waals surface area contributed by atoms with Gasteiger partial charge in [-0.1, -0.05) is 6.07 Å². The zero-order valence-electron chi connectivity index (χ0n) is 10.2. The van der Waals surface area contributed by atoms with Crippen LogP contribution in [0.2, 0.25) is 0 Å². The van der Waals surface area contributed by atoms with E-state index in [1.807, 2.05) is 32.9 Å². The van der Waals surface area contributed by atoms with Crippen molar-refractivity contribution in [1.82, 2.24) is 9.97 Å². The van der Waals surface area contributed by atoms with Crippen LogP contribution in [-0.2, 0) is 0 Å². The molecule has 0 aliphatic carbocycles. The summed E-state index contributed by atoms with van der Waals surface area (Å²) in [5.74, 6) is 1.94. The minimum absolute atomic E-state index is 0.531. The maximum absolute atomic E-state index is 5.86. The Morgan fingerprint density at radius 3 is 2.59 bits per heavy atom. The number of hydrogen-bond donors (Lipinski definition) is 1. The SMILES string of the molecule is Cc1nccc(Oc2cc(N)c(C)cc2C)n1. The van der Waals surface area contributed by atoms with Crippen molar-refractivity contribution in [3.8, 4) is 11.6 Å². The van der Waals surface area contributed by atoms with E-state index >= 15 is 0 Å². The van der Waals surface area contributed by atoms with Gasteiger partial charge in [0, 0.05) is 24.0 Å². The van der Waals surface area contributed by atoms with Crippen molar-refractivity contribution in [1.29, 1.82) is 0 Å². The molecule has 0 aliphatic heterocycles. The summed E-state index contributed by atoms with van der Waals surface area (Å²) < 4.78 is 5.69. The van der Waals surface area contributed by atoms with Gasteiger partial charge >= 0.3 is 0 Å². The number of nitrogens with zero attached hydrogens (tertiary/aromatic N) is 2. The standard InChI is InChI=1S/C13H15N3O/c1-8-6-9(2)12(7-11(8)14)17-13-4-5-15-10(3)16-13/h4-7H,14H2,1-3H3. The normalized spacial score (nSPS) is 10.3. The first kappa shape index (κ1) is 11.4. The van der Waals surface area contributed by atoms with Crippen molar-refractivity contribution in [2.24, 2.45) is 0 Å². The number of nitrogens with two attached hydrogens (primary N) is 1. The van der Waals surface area contributed by atoms with E-state index in [4.69, 9.17) is 10.5 Å². The molecular weight excluding hydrogens is 214 g/mol. The average Bonchev–Trinajstić information content (AvgIpc) is 2.26. The van der Waals surface area contributed by atoms with E-state index in [-0.39, 0.29) is 0 Å². The van der Waals surface area contributed by atoms with Gasteiger partial charge in [-0.05, 0) is 31.9 Å². The van der Waals surface area contributed by atoms with Gasteiger partial charge in [0.1, 0.15) is 11.6 Å². The highest BCUT2D eigenvalue weighted by molar-refractivity contribution is 5.54. The minimum Gasteiger partial charge on any atom is -0.439 e. The lowest BCUT2D eigenvalue weighted by Crippen LogP contribution is -1.96. The number of benzene rings is 1. The van der Waals surface area contributed by atoms with E-state index < -0.39 is 0 Å². The lowest BCUT2D eigenvalue weighted by molar-refractivity contribution is 0.456. The van der Waals surface area contributed by atoms with Gasteiger partial charge in [0.2, 0.25) is 5.88 Å². The molecule has 1 heterocycles. The first-order valence-corrected chi connectivity index (χ1v) is 5.40. The lowest BCUT2D eigenvalue weighted by atomic mass is 10.1. The van der Waals surface area contributed by atoms with Crippen LogP contribution in [0.15, 0.2) is 24.4 Å². The molecule has 0 spiro atoms. The van der Waals surface area contributed by atoms with Crippen LogP contribution >= 0.6 is 0 Å². The van der Waals surface area contributed by atoms with Gasteiger partial charge in [-0.15, -0.1) is 0 Å². The number of aryl methyl sites for hydroxylation is 3. The van der Waals surface area contributed by atoms with Crippen LogP contribution in [0.4, 0.5) is 5.69 Å². The van der Waals surface area contributed by atoms with Gasteiger partial charge in [0.25, 0.3) is 0 Å². The highest BCUT2D eigenvalue weighted by Gasteiger charge is 2.05. The van der Waals surface area contributed by atoms with Gasteiger partial charge in [-0.25, -0.2) is 4.98 Å². The molecular formula is C13H15N3O. The molecule has 0 fully saturated rings. The maximum atomic E-state index is 5.86. The third-order valence-corrected chi connectivity index (χ3v) is 2.53. The Morgan fingerprint density at radius 1 is 1.12 bits per heavy atom. The summed E-state index contributed by atoms with van der Waals surface area (Å²) in [6.07, 6.45) is 1.67. The molecule has 0 radical (unpaired) electrons. The topological polar surface area (TPSA) is 61.0 Å². The Morgan fingerprint density at radius 2 is 1.88 bits per heavy atom. The summed E-state index contributed by atoms with van der Waals surface area (Å²) in [6.45, 7) is 5.78. The highest BCUT2D eigenvalue weighted by atomic mass is 16.5. The largest absolute Gasteiger partial charge is 0.439 e. The summed E-state index contributed by atoms with van der Waals surface area (Å²) in [7, 11) is 0. The zero-order chi connectivity index (χ0) is 12.4. The minimum atomic E-state index is 0.531. The number of aromatic nitrogens is 2. The molecule has 0 aliphatic rings. The second-order valence-corrected chi connectivity index (χ2v) is 4.02. The maximum Gasteiger partial charge on any atom is 0.222 e. The van der Waals surface area contributed by atoms with Gasteiger partial charge < -0.3 is 10.5 Å². The van der Waals surface area contributed by atoms with Crippen LogP contribution in [0.25, 0.3) is 0 Å². The monoisotopic (exact) mass is 229 g/mol. The molecule has 2 aromatic rings. The Bertz CT molecular complexity index is 552. The van der Waals surface area contributed by atoms with Crippen molar-refractivity contribution in [3.05, 3.63) is 41.3 Å². The van der Waals surface area contributed by atoms with Crippen LogP contribution in [0.5, 0.6) is 11.6 Å². The molecule has 0 unspecified atom stereocenters. The molecule has 1 aromatic carbocycles. The fraction of sp³-hybridized carbons (Fsp3) is 0.231. The van der Waals surface area contributed by atoms with Crippen LogP contribution < -0.4 is 10.5 Å². The molecule has 0 saturated carbocycles. The first-order chi connectivity index (χ1) is 8.06.